The second-order valence-electron chi connectivity index (χ2n) is 5.97. The molecule has 0 saturated heterocycles. The number of anilines is 1. The maximum atomic E-state index is 12.4. The predicted molar refractivity (Wildman–Crippen MR) is 108 cm³/mol. The first-order chi connectivity index (χ1) is 13.2. The van der Waals surface area contributed by atoms with E-state index in [4.69, 9.17) is 0 Å². The third-order valence-corrected chi connectivity index (χ3v) is 5.17. The van der Waals surface area contributed by atoms with E-state index in [-0.39, 0.29) is 11.7 Å². The van der Waals surface area contributed by atoms with E-state index in [2.05, 4.69) is 20.5 Å². The van der Waals surface area contributed by atoms with E-state index in [1.165, 1.54) is 11.8 Å². The number of fused-ring (bicyclic) bond motifs is 1. The quantitative estimate of drug-likeness (QED) is 0.538. The van der Waals surface area contributed by atoms with E-state index < -0.39 is 0 Å². The molecule has 1 amide bonds. The van der Waals surface area contributed by atoms with Crippen molar-refractivity contribution in [2.45, 2.75) is 5.16 Å². The number of nitrogens with one attached hydrogen (secondary N) is 1. The summed E-state index contributed by atoms with van der Waals surface area (Å²) in [6.07, 6.45) is 3.46. The Kier molecular flexibility index (Phi) is 4.84. The van der Waals surface area contributed by atoms with E-state index in [0.717, 1.165) is 27.8 Å². The van der Waals surface area contributed by atoms with Gasteiger partial charge in [-0.1, -0.05) is 48.2 Å². The van der Waals surface area contributed by atoms with Crippen LogP contribution in [0.3, 0.4) is 0 Å². The van der Waals surface area contributed by atoms with Gasteiger partial charge < -0.3 is 9.88 Å². The van der Waals surface area contributed by atoms with Crippen molar-refractivity contribution in [3.8, 4) is 11.4 Å². The van der Waals surface area contributed by atoms with Crippen LogP contribution in [0.15, 0.2) is 72.1 Å². The van der Waals surface area contributed by atoms with Crippen LogP contribution in [0.5, 0.6) is 0 Å². The molecule has 0 aliphatic carbocycles. The number of thioether (sulfide) groups is 1. The molecule has 0 unspecified atom stereocenters. The molecule has 6 nitrogen and oxygen atoms in total. The molecule has 0 radical (unpaired) electrons. The molecule has 27 heavy (non-hydrogen) atoms. The van der Waals surface area contributed by atoms with Gasteiger partial charge in [0.2, 0.25) is 5.91 Å². The van der Waals surface area contributed by atoms with E-state index in [1.54, 1.807) is 12.4 Å². The number of amides is 1. The van der Waals surface area contributed by atoms with Gasteiger partial charge in [-0.2, -0.15) is 0 Å². The average Bonchev–Trinajstić information content (AvgIpc) is 3.08. The Labute approximate surface area is 160 Å². The van der Waals surface area contributed by atoms with Crippen molar-refractivity contribution in [2.75, 3.05) is 11.1 Å². The molecule has 4 rings (SSSR count). The van der Waals surface area contributed by atoms with E-state index in [0.29, 0.717) is 5.16 Å². The zero-order valence-electron chi connectivity index (χ0n) is 14.7. The molecular weight excluding hydrogens is 358 g/mol. The van der Waals surface area contributed by atoms with Gasteiger partial charge in [0, 0.05) is 36.1 Å². The van der Waals surface area contributed by atoms with Crippen LogP contribution < -0.4 is 5.32 Å². The van der Waals surface area contributed by atoms with Gasteiger partial charge in [0.15, 0.2) is 11.0 Å². The monoisotopic (exact) mass is 375 g/mol. The predicted octanol–water partition coefficient (Wildman–Crippen LogP) is 3.76. The summed E-state index contributed by atoms with van der Waals surface area (Å²) in [4.78, 5) is 16.5. The number of pyridine rings is 1. The molecule has 0 aliphatic rings. The third-order valence-electron chi connectivity index (χ3n) is 4.15. The standard InChI is InChI=1S/C20H17N5OS/c1-25-19(15-8-5-11-21-12-15)23-24-20(25)27-13-18(26)22-17-10-4-7-14-6-2-3-9-16(14)17/h2-12H,13H2,1H3,(H,22,26). The summed E-state index contributed by atoms with van der Waals surface area (Å²) >= 11 is 1.35. The number of aromatic nitrogens is 4. The van der Waals surface area contributed by atoms with E-state index >= 15 is 0 Å². The Balaban J connectivity index is 1.45. The normalized spacial score (nSPS) is 10.9. The lowest BCUT2D eigenvalue weighted by atomic mass is 10.1. The van der Waals surface area contributed by atoms with Gasteiger partial charge in [-0.25, -0.2) is 0 Å². The van der Waals surface area contributed by atoms with Crippen molar-refractivity contribution in [3.05, 3.63) is 67.0 Å². The zero-order valence-corrected chi connectivity index (χ0v) is 15.5. The Morgan fingerprint density at radius 3 is 2.78 bits per heavy atom. The van der Waals surface area contributed by atoms with Gasteiger partial charge in [-0.3, -0.25) is 9.78 Å². The molecular formula is C20H17N5OS. The number of rotatable bonds is 5. The second-order valence-corrected chi connectivity index (χ2v) is 6.91. The molecule has 2 heterocycles. The lowest BCUT2D eigenvalue weighted by Crippen LogP contribution is -2.14. The molecule has 0 aliphatic heterocycles. The molecule has 1 N–H and O–H groups in total. The highest BCUT2D eigenvalue weighted by atomic mass is 32.2. The van der Waals surface area contributed by atoms with Gasteiger partial charge in [-0.15, -0.1) is 10.2 Å². The Morgan fingerprint density at radius 2 is 1.93 bits per heavy atom. The van der Waals surface area contributed by atoms with Crippen molar-refractivity contribution >= 4 is 34.1 Å². The molecule has 7 heteroatoms. The van der Waals surface area contributed by atoms with Crippen LogP contribution in [0.1, 0.15) is 0 Å². The summed E-state index contributed by atoms with van der Waals surface area (Å²) < 4.78 is 1.87. The first kappa shape index (κ1) is 17.2. The molecule has 134 valence electrons. The highest BCUT2D eigenvalue weighted by Crippen LogP contribution is 2.25. The van der Waals surface area contributed by atoms with E-state index in [1.807, 2.05) is 66.2 Å². The summed E-state index contributed by atoms with van der Waals surface area (Å²) in [6, 6.07) is 17.6. The molecule has 0 bridgehead atoms. The van der Waals surface area contributed by atoms with Crippen LogP contribution in [-0.4, -0.2) is 31.4 Å². The molecule has 2 aromatic heterocycles. The van der Waals surface area contributed by atoms with Gasteiger partial charge >= 0.3 is 0 Å². The number of hydrogen-bond donors (Lipinski definition) is 1. The SMILES string of the molecule is Cn1c(SCC(=O)Nc2cccc3ccccc23)nnc1-c1cccnc1. The smallest absolute Gasteiger partial charge is 0.234 e. The summed E-state index contributed by atoms with van der Waals surface area (Å²) in [5.74, 6) is 0.893. The summed E-state index contributed by atoms with van der Waals surface area (Å²) in [5, 5.41) is 14.2. The first-order valence-corrected chi connectivity index (χ1v) is 9.41. The lowest BCUT2D eigenvalue weighted by Gasteiger charge is -2.08. The molecule has 0 spiro atoms. The van der Waals surface area contributed by atoms with Crippen LogP contribution in [0, 0.1) is 0 Å². The van der Waals surface area contributed by atoms with Crippen LogP contribution >= 0.6 is 11.8 Å². The number of carbonyl (C=O) groups excluding carboxylic acids is 1. The minimum atomic E-state index is -0.0812. The topological polar surface area (TPSA) is 72.7 Å². The van der Waals surface area contributed by atoms with Crippen molar-refractivity contribution in [1.82, 2.24) is 19.7 Å². The zero-order chi connectivity index (χ0) is 18.6. The number of carbonyl (C=O) groups is 1. The van der Waals surface area contributed by atoms with Crippen molar-refractivity contribution in [3.63, 3.8) is 0 Å². The highest BCUT2D eigenvalue weighted by molar-refractivity contribution is 7.99. The average molecular weight is 375 g/mol. The van der Waals surface area contributed by atoms with Gasteiger partial charge in [0.05, 0.1) is 5.75 Å². The summed E-state index contributed by atoms with van der Waals surface area (Å²) in [7, 11) is 1.88. The minimum Gasteiger partial charge on any atom is -0.325 e. The Bertz CT molecular complexity index is 1090. The maximum absolute atomic E-state index is 12.4. The van der Waals surface area contributed by atoms with Gasteiger partial charge in [-0.05, 0) is 23.6 Å². The first-order valence-electron chi connectivity index (χ1n) is 8.42. The number of hydrogen-bond acceptors (Lipinski definition) is 5. The van der Waals surface area contributed by atoms with E-state index in [9.17, 15) is 4.79 Å². The number of benzene rings is 2. The van der Waals surface area contributed by atoms with Crippen molar-refractivity contribution in [1.29, 1.82) is 0 Å². The fourth-order valence-corrected chi connectivity index (χ4v) is 3.55. The molecule has 4 aromatic rings. The van der Waals surface area contributed by atoms with Crippen molar-refractivity contribution < 1.29 is 4.79 Å². The second kappa shape index (κ2) is 7.59. The van der Waals surface area contributed by atoms with Crippen LogP contribution in [0.2, 0.25) is 0 Å². The van der Waals surface area contributed by atoms with Crippen LogP contribution in [-0.2, 0) is 11.8 Å². The molecule has 2 aromatic carbocycles. The summed E-state index contributed by atoms with van der Waals surface area (Å²) in [6.45, 7) is 0. The minimum absolute atomic E-state index is 0.0812. The summed E-state index contributed by atoms with van der Waals surface area (Å²) in [5.41, 5.74) is 1.70. The molecule has 0 saturated carbocycles. The van der Waals surface area contributed by atoms with Gasteiger partial charge in [0.25, 0.3) is 0 Å². The lowest BCUT2D eigenvalue weighted by molar-refractivity contribution is -0.113. The fraction of sp³-hybridized carbons (Fsp3) is 0.100. The fourth-order valence-electron chi connectivity index (χ4n) is 2.84. The Morgan fingerprint density at radius 1 is 1.07 bits per heavy atom. The third kappa shape index (κ3) is 3.68. The molecule has 0 atom stereocenters. The van der Waals surface area contributed by atoms with Crippen LogP contribution in [0.4, 0.5) is 5.69 Å². The van der Waals surface area contributed by atoms with Gasteiger partial charge in [0.1, 0.15) is 0 Å². The Hall–Kier alpha value is -3.19. The van der Waals surface area contributed by atoms with Crippen molar-refractivity contribution in [2.24, 2.45) is 7.05 Å². The molecule has 0 fully saturated rings. The maximum Gasteiger partial charge on any atom is 0.234 e. The van der Waals surface area contributed by atoms with Crippen LogP contribution in [0.25, 0.3) is 22.2 Å². The largest absolute Gasteiger partial charge is 0.325 e. The number of nitrogens with zero attached hydrogens (tertiary/aromatic N) is 4. The highest BCUT2D eigenvalue weighted by Gasteiger charge is 2.13.